The number of thioether (sulfide) groups is 1. The number of aliphatic hydroxyl groups excluding tert-OH is 1. The molecule has 2 fully saturated rings. The highest BCUT2D eigenvalue weighted by molar-refractivity contribution is 14.1. The Morgan fingerprint density at radius 1 is 1.42 bits per heavy atom. The van der Waals surface area contributed by atoms with Gasteiger partial charge in [-0.1, -0.05) is 29.5 Å². The lowest BCUT2D eigenvalue weighted by molar-refractivity contribution is -0.384. The van der Waals surface area contributed by atoms with Crippen LogP contribution in [0.5, 0.6) is 0 Å². The van der Waals surface area contributed by atoms with Gasteiger partial charge in [0.15, 0.2) is 0 Å². The number of nitro benzene ring substituents is 1. The second kappa shape index (κ2) is 9.88. The van der Waals surface area contributed by atoms with E-state index in [1.54, 1.807) is 18.7 Å². The summed E-state index contributed by atoms with van der Waals surface area (Å²) < 4.78 is 12.2. The van der Waals surface area contributed by atoms with Crippen LogP contribution in [0.2, 0.25) is 0 Å². The Balaban J connectivity index is 1.54. The van der Waals surface area contributed by atoms with Crippen LogP contribution in [0, 0.1) is 22.0 Å². The summed E-state index contributed by atoms with van der Waals surface area (Å²) in [6.45, 7) is 4.09. The smallest absolute Gasteiger partial charge is 0.356 e. The number of carbonyl (C=O) groups excluding carboxylic acids is 2. The number of nitrogens with zero attached hydrogens (tertiary/aromatic N) is 2. The van der Waals surface area contributed by atoms with Crippen LogP contribution in [-0.2, 0) is 25.7 Å². The zero-order valence-corrected chi connectivity index (χ0v) is 21.2. The number of aliphatic hydroxyl groups is 1. The molecule has 1 amide bonds. The molecule has 6 unspecified atom stereocenters. The van der Waals surface area contributed by atoms with Crippen LogP contribution in [0.3, 0.4) is 0 Å². The van der Waals surface area contributed by atoms with Crippen LogP contribution in [0.4, 0.5) is 5.69 Å². The Hall–Kier alpha value is -1.70. The molecule has 1 aromatic carbocycles. The molecule has 2 saturated heterocycles. The van der Waals surface area contributed by atoms with E-state index in [1.807, 2.05) is 6.92 Å². The molecule has 11 heteroatoms. The minimum atomic E-state index is -0.804. The molecule has 0 bridgehead atoms. The summed E-state index contributed by atoms with van der Waals surface area (Å²) in [6.07, 6.45) is 0.246. The largest absolute Gasteiger partial charge is 0.456 e. The number of alkyl halides is 1. The van der Waals surface area contributed by atoms with E-state index < -0.39 is 22.9 Å². The molecule has 178 valence electrons. The van der Waals surface area contributed by atoms with Crippen LogP contribution in [0.15, 0.2) is 34.9 Å². The molecular weight excluding hydrogens is 563 g/mol. The van der Waals surface area contributed by atoms with Gasteiger partial charge in [-0.25, -0.2) is 4.79 Å². The van der Waals surface area contributed by atoms with Crippen molar-refractivity contribution in [3.63, 3.8) is 0 Å². The molecule has 9 nitrogen and oxygen atoms in total. The molecule has 4 rings (SSSR count). The van der Waals surface area contributed by atoms with Gasteiger partial charge < -0.3 is 19.5 Å². The van der Waals surface area contributed by atoms with Crippen LogP contribution < -0.4 is 0 Å². The Kier molecular flexibility index (Phi) is 7.32. The van der Waals surface area contributed by atoms with Gasteiger partial charge in [0, 0.05) is 32.6 Å². The molecule has 3 aliphatic heterocycles. The number of carbonyl (C=O) groups is 2. The summed E-state index contributed by atoms with van der Waals surface area (Å²) in [5, 5.41) is 21.1. The first-order valence-electron chi connectivity index (χ1n) is 10.7. The number of β-lactam (4-membered cyclic amide) rings is 1. The number of halogens is 1. The zero-order chi connectivity index (χ0) is 23.9. The number of fused-ring (bicyclic) bond motifs is 1. The van der Waals surface area contributed by atoms with E-state index in [-0.39, 0.29) is 47.2 Å². The summed E-state index contributed by atoms with van der Waals surface area (Å²) in [7, 11) is 0. The SMILES string of the molecule is CC(O)C1C(=O)N2C(C(=O)OCc3ccc([N+](=O)[O-])cc3)=C(SC3COC(CI)C3)C(C)C12. The average molecular weight is 588 g/mol. The molecule has 3 heterocycles. The quantitative estimate of drug-likeness (QED) is 0.123. The number of hydrogen-bond acceptors (Lipinski definition) is 8. The first kappa shape index (κ1) is 24.4. The van der Waals surface area contributed by atoms with Gasteiger partial charge in [0.05, 0.1) is 35.7 Å². The summed E-state index contributed by atoms with van der Waals surface area (Å²) in [4.78, 5) is 38.6. The number of rotatable bonds is 8. The van der Waals surface area contributed by atoms with Crippen LogP contribution in [0.1, 0.15) is 25.8 Å². The first-order chi connectivity index (χ1) is 15.7. The Labute approximate surface area is 209 Å². The van der Waals surface area contributed by atoms with E-state index in [0.29, 0.717) is 12.2 Å². The van der Waals surface area contributed by atoms with E-state index in [4.69, 9.17) is 9.47 Å². The Morgan fingerprint density at radius 3 is 2.70 bits per heavy atom. The van der Waals surface area contributed by atoms with E-state index in [1.165, 1.54) is 29.2 Å². The molecule has 0 saturated carbocycles. The summed E-state index contributed by atoms with van der Waals surface area (Å²) in [5.41, 5.74) is 0.814. The van der Waals surface area contributed by atoms with Crippen molar-refractivity contribution in [1.82, 2.24) is 4.90 Å². The highest BCUT2D eigenvalue weighted by Crippen LogP contribution is 2.52. The fourth-order valence-corrected chi connectivity index (χ4v) is 6.72. The third-order valence-corrected chi connectivity index (χ3v) is 8.79. The molecule has 1 aromatic rings. The second-order valence-electron chi connectivity index (χ2n) is 8.55. The highest BCUT2D eigenvalue weighted by Gasteiger charge is 2.60. The van der Waals surface area contributed by atoms with E-state index >= 15 is 0 Å². The van der Waals surface area contributed by atoms with Gasteiger partial charge in [-0.05, 0) is 31.0 Å². The van der Waals surface area contributed by atoms with Gasteiger partial charge in [-0.3, -0.25) is 14.9 Å². The van der Waals surface area contributed by atoms with Crippen molar-refractivity contribution in [1.29, 1.82) is 0 Å². The normalized spacial score (nSPS) is 29.6. The first-order valence-corrected chi connectivity index (χ1v) is 13.1. The lowest BCUT2D eigenvalue weighted by Crippen LogP contribution is -2.63. The number of nitro groups is 1. The van der Waals surface area contributed by atoms with Crippen molar-refractivity contribution >= 4 is 51.9 Å². The van der Waals surface area contributed by atoms with E-state index in [9.17, 15) is 24.8 Å². The van der Waals surface area contributed by atoms with Gasteiger partial charge in [-0.15, -0.1) is 11.8 Å². The predicted molar refractivity (Wildman–Crippen MR) is 130 cm³/mol. The minimum Gasteiger partial charge on any atom is -0.456 e. The van der Waals surface area contributed by atoms with Gasteiger partial charge in [0.25, 0.3) is 5.69 Å². The molecule has 3 aliphatic rings. The van der Waals surface area contributed by atoms with E-state index in [0.717, 1.165) is 15.8 Å². The van der Waals surface area contributed by atoms with Crippen LogP contribution in [-0.4, -0.2) is 61.3 Å². The standard InChI is InChI=1S/C22H25IN2O7S/c1-11-18-17(12(2)26)21(27)24(18)19(20(11)33-16-7-15(8-23)31-10-16)22(28)32-9-13-3-5-14(6-4-13)25(29)30/h3-6,11-12,15-18,26H,7-10H2,1-2H3. The monoisotopic (exact) mass is 588 g/mol. The summed E-state index contributed by atoms with van der Waals surface area (Å²) >= 11 is 3.86. The highest BCUT2D eigenvalue weighted by atomic mass is 127. The van der Waals surface area contributed by atoms with Crippen molar-refractivity contribution in [2.24, 2.45) is 11.8 Å². The maximum absolute atomic E-state index is 13.2. The molecule has 6 atom stereocenters. The van der Waals surface area contributed by atoms with Crippen molar-refractivity contribution < 1.29 is 29.1 Å². The number of amides is 1. The molecule has 0 radical (unpaired) electrons. The zero-order valence-electron chi connectivity index (χ0n) is 18.2. The Bertz CT molecular complexity index is 983. The number of ether oxygens (including phenoxy) is 2. The number of hydrogen-bond donors (Lipinski definition) is 1. The van der Waals surface area contributed by atoms with Crippen molar-refractivity contribution in [3.05, 3.63) is 50.5 Å². The summed E-state index contributed by atoms with van der Waals surface area (Å²) in [5.74, 6) is -1.52. The molecule has 0 aliphatic carbocycles. The molecule has 0 spiro atoms. The van der Waals surface area contributed by atoms with Crippen LogP contribution >= 0.6 is 34.4 Å². The molecule has 33 heavy (non-hydrogen) atoms. The fourth-order valence-electron chi connectivity index (χ4n) is 4.64. The lowest BCUT2D eigenvalue weighted by Gasteiger charge is -2.46. The number of benzene rings is 1. The maximum atomic E-state index is 13.2. The third kappa shape index (κ3) is 4.64. The minimum absolute atomic E-state index is 0.0436. The van der Waals surface area contributed by atoms with Crippen LogP contribution in [0.25, 0.3) is 0 Å². The third-order valence-electron chi connectivity index (χ3n) is 6.33. The lowest BCUT2D eigenvalue weighted by atomic mass is 9.79. The predicted octanol–water partition coefficient (Wildman–Crippen LogP) is 3.03. The van der Waals surface area contributed by atoms with Gasteiger partial charge >= 0.3 is 5.97 Å². The molecule has 0 aromatic heterocycles. The fraction of sp³-hybridized carbons (Fsp3) is 0.545. The maximum Gasteiger partial charge on any atom is 0.356 e. The van der Waals surface area contributed by atoms with Crippen molar-refractivity contribution in [2.45, 2.75) is 50.4 Å². The number of esters is 1. The van der Waals surface area contributed by atoms with Gasteiger partial charge in [-0.2, -0.15) is 0 Å². The van der Waals surface area contributed by atoms with Crippen molar-refractivity contribution in [3.8, 4) is 0 Å². The topological polar surface area (TPSA) is 119 Å². The van der Waals surface area contributed by atoms with E-state index in [2.05, 4.69) is 22.6 Å². The molecular formula is C22H25IN2O7S. The second-order valence-corrected chi connectivity index (χ2v) is 10.8. The Morgan fingerprint density at radius 2 is 2.12 bits per heavy atom. The van der Waals surface area contributed by atoms with Gasteiger partial charge in [0.1, 0.15) is 12.3 Å². The molecule has 1 N–H and O–H groups in total. The number of non-ortho nitro benzene ring substituents is 1. The average Bonchev–Trinajstić information content (AvgIpc) is 3.33. The van der Waals surface area contributed by atoms with Gasteiger partial charge in [0.2, 0.25) is 5.91 Å². The summed E-state index contributed by atoms with van der Waals surface area (Å²) in [6, 6.07) is 5.51. The van der Waals surface area contributed by atoms with Crippen molar-refractivity contribution in [2.75, 3.05) is 11.0 Å².